The largest absolute Gasteiger partial charge is 0.338 e. The molecule has 0 bridgehead atoms. The van der Waals surface area contributed by atoms with E-state index in [1.807, 2.05) is 32.0 Å². The van der Waals surface area contributed by atoms with E-state index in [-0.39, 0.29) is 42.2 Å². The second kappa shape index (κ2) is 8.03. The molecule has 2 atom stereocenters. The van der Waals surface area contributed by atoms with Gasteiger partial charge < -0.3 is 4.90 Å². The molecule has 152 valence electrons. The minimum absolute atomic E-state index is 0.0331. The van der Waals surface area contributed by atoms with Crippen LogP contribution in [0.25, 0.3) is 0 Å². The number of sulfone groups is 1. The summed E-state index contributed by atoms with van der Waals surface area (Å²) in [6.07, 6.45) is 1.57. The van der Waals surface area contributed by atoms with Gasteiger partial charge in [-0.3, -0.25) is 9.59 Å². The van der Waals surface area contributed by atoms with E-state index in [4.69, 9.17) is 0 Å². The van der Waals surface area contributed by atoms with Crippen LogP contribution in [0.3, 0.4) is 0 Å². The van der Waals surface area contributed by atoms with Crippen molar-refractivity contribution in [2.24, 2.45) is 5.10 Å². The fraction of sp³-hybridized carbons (Fsp3) is 0.550. The molecule has 1 aromatic rings. The van der Waals surface area contributed by atoms with Crippen molar-refractivity contribution < 1.29 is 18.0 Å². The number of likely N-dealkylation sites (N-methyl/N-ethyl adjacent to an activating group) is 1. The van der Waals surface area contributed by atoms with Gasteiger partial charge in [0.2, 0.25) is 5.91 Å². The zero-order valence-corrected chi connectivity index (χ0v) is 17.4. The van der Waals surface area contributed by atoms with Crippen LogP contribution in [0, 0.1) is 6.92 Å². The van der Waals surface area contributed by atoms with Crippen molar-refractivity contribution in [2.45, 2.75) is 51.6 Å². The quantitative estimate of drug-likeness (QED) is 0.744. The first-order chi connectivity index (χ1) is 13.2. The molecule has 0 unspecified atom stereocenters. The third-order valence-electron chi connectivity index (χ3n) is 5.62. The zero-order valence-electron chi connectivity index (χ0n) is 16.6. The number of aryl methyl sites for hydroxylation is 1. The van der Waals surface area contributed by atoms with E-state index >= 15 is 0 Å². The molecule has 0 N–H and O–H groups in total. The predicted octanol–water partition coefficient (Wildman–Crippen LogP) is 1.55. The van der Waals surface area contributed by atoms with E-state index in [9.17, 15) is 18.0 Å². The van der Waals surface area contributed by atoms with Gasteiger partial charge in [-0.05, 0) is 37.8 Å². The molecule has 0 radical (unpaired) electrons. The fourth-order valence-corrected chi connectivity index (χ4v) is 5.37. The number of amides is 2. The Labute approximate surface area is 166 Å². The van der Waals surface area contributed by atoms with Crippen LogP contribution in [0.4, 0.5) is 0 Å². The first-order valence-corrected chi connectivity index (χ1v) is 11.4. The molecule has 1 fully saturated rings. The van der Waals surface area contributed by atoms with Crippen LogP contribution in [-0.2, 0) is 25.8 Å². The van der Waals surface area contributed by atoms with Crippen molar-refractivity contribution in [2.75, 3.05) is 18.6 Å². The molecule has 0 aromatic heterocycles. The monoisotopic (exact) mass is 405 g/mol. The number of hydrazone groups is 1. The molecule has 0 spiro atoms. The lowest BCUT2D eigenvalue weighted by atomic mass is 10.0. The van der Waals surface area contributed by atoms with Crippen LogP contribution < -0.4 is 0 Å². The summed E-state index contributed by atoms with van der Waals surface area (Å²) in [7, 11) is -1.39. The molecule has 1 aromatic carbocycles. The molecule has 3 rings (SSSR count). The Bertz CT molecular complexity index is 910. The molecule has 2 aliphatic heterocycles. The van der Waals surface area contributed by atoms with Gasteiger partial charge in [-0.25, -0.2) is 13.4 Å². The molecule has 2 aliphatic rings. The highest BCUT2D eigenvalue weighted by atomic mass is 32.2. The Balaban J connectivity index is 1.72. The normalized spacial score (nSPS) is 22.7. The number of carbonyl (C=O) groups excluding carboxylic acids is 2. The summed E-state index contributed by atoms with van der Waals surface area (Å²) in [6.45, 7) is 4.04. The molecule has 0 saturated carbocycles. The van der Waals surface area contributed by atoms with Crippen LogP contribution >= 0.6 is 0 Å². The Morgan fingerprint density at radius 3 is 2.68 bits per heavy atom. The standard InChI is InChI=1S/C20H27N3O4S/c1-14-6-4-5-7-16(14)12-15(2)22(3)20(25)18-8-9-19(24)23(21-18)17-10-11-28(26,27)13-17/h4-7,15,17H,8-13H2,1-3H3/t15-,17-/m1/s1. The van der Waals surface area contributed by atoms with Crippen LogP contribution in [-0.4, -0.2) is 66.5 Å². The Kier molecular flexibility index (Phi) is 5.88. The maximum absolute atomic E-state index is 12.9. The summed E-state index contributed by atoms with van der Waals surface area (Å²) >= 11 is 0. The first kappa shape index (κ1) is 20.5. The molecule has 1 saturated heterocycles. The lowest BCUT2D eigenvalue weighted by Crippen LogP contribution is -2.46. The van der Waals surface area contributed by atoms with Crippen molar-refractivity contribution in [3.8, 4) is 0 Å². The molecular weight excluding hydrogens is 378 g/mol. The van der Waals surface area contributed by atoms with Crippen molar-refractivity contribution in [3.63, 3.8) is 0 Å². The van der Waals surface area contributed by atoms with Crippen molar-refractivity contribution in [1.82, 2.24) is 9.91 Å². The average Bonchev–Trinajstić information content (AvgIpc) is 3.02. The molecule has 7 nitrogen and oxygen atoms in total. The van der Waals surface area contributed by atoms with Gasteiger partial charge in [0, 0.05) is 25.9 Å². The minimum atomic E-state index is -3.13. The lowest BCUT2D eigenvalue weighted by Gasteiger charge is -2.31. The van der Waals surface area contributed by atoms with Gasteiger partial charge in [0.05, 0.1) is 17.5 Å². The lowest BCUT2D eigenvalue weighted by molar-refractivity contribution is -0.134. The number of rotatable bonds is 5. The van der Waals surface area contributed by atoms with E-state index in [0.717, 1.165) is 6.42 Å². The van der Waals surface area contributed by atoms with Crippen molar-refractivity contribution in [3.05, 3.63) is 35.4 Å². The SMILES string of the molecule is Cc1ccccc1C[C@@H](C)N(C)C(=O)C1=NN([C@@H]2CCS(=O)(=O)C2)C(=O)CC1. The average molecular weight is 406 g/mol. The van der Waals surface area contributed by atoms with Crippen molar-refractivity contribution in [1.29, 1.82) is 0 Å². The first-order valence-electron chi connectivity index (χ1n) is 9.59. The second-order valence-corrected chi connectivity index (χ2v) is 9.97. The summed E-state index contributed by atoms with van der Waals surface area (Å²) in [6, 6.07) is 7.59. The molecular formula is C20H27N3O4S. The molecule has 2 amide bonds. The molecule has 8 heteroatoms. The summed E-state index contributed by atoms with van der Waals surface area (Å²) in [5.74, 6) is -0.440. The highest BCUT2D eigenvalue weighted by Crippen LogP contribution is 2.23. The van der Waals surface area contributed by atoms with Gasteiger partial charge in [-0.2, -0.15) is 5.10 Å². The maximum Gasteiger partial charge on any atom is 0.270 e. The molecule has 2 heterocycles. The van der Waals surface area contributed by atoms with Gasteiger partial charge in [-0.1, -0.05) is 24.3 Å². The zero-order chi connectivity index (χ0) is 20.5. The number of carbonyl (C=O) groups is 2. The van der Waals surface area contributed by atoms with E-state index in [2.05, 4.69) is 11.2 Å². The van der Waals surface area contributed by atoms with Gasteiger partial charge in [-0.15, -0.1) is 0 Å². The number of nitrogens with zero attached hydrogens (tertiary/aromatic N) is 3. The van der Waals surface area contributed by atoms with Gasteiger partial charge >= 0.3 is 0 Å². The van der Waals surface area contributed by atoms with E-state index < -0.39 is 15.9 Å². The Morgan fingerprint density at radius 1 is 1.32 bits per heavy atom. The Hall–Kier alpha value is -2.22. The highest BCUT2D eigenvalue weighted by Gasteiger charge is 2.37. The van der Waals surface area contributed by atoms with Crippen LogP contribution in [0.5, 0.6) is 0 Å². The van der Waals surface area contributed by atoms with Crippen LogP contribution in [0.2, 0.25) is 0 Å². The molecule has 28 heavy (non-hydrogen) atoms. The molecule has 0 aliphatic carbocycles. The van der Waals surface area contributed by atoms with E-state index in [0.29, 0.717) is 12.1 Å². The van der Waals surface area contributed by atoms with E-state index in [1.54, 1.807) is 11.9 Å². The maximum atomic E-state index is 12.9. The fourth-order valence-electron chi connectivity index (χ4n) is 3.68. The summed E-state index contributed by atoms with van der Waals surface area (Å²) in [4.78, 5) is 26.8. The van der Waals surface area contributed by atoms with Gasteiger partial charge in [0.15, 0.2) is 9.84 Å². The summed E-state index contributed by atoms with van der Waals surface area (Å²) < 4.78 is 23.5. The topological polar surface area (TPSA) is 87.1 Å². The van der Waals surface area contributed by atoms with Crippen LogP contribution in [0.15, 0.2) is 29.4 Å². The number of benzene rings is 1. The van der Waals surface area contributed by atoms with Crippen molar-refractivity contribution >= 4 is 27.4 Å². The minimum Gasteiger partial charge on any atom is -0.338 e. The van der Waals surface area contributed by atoms with Gasteiger partial charge in [0.25, 0.3) is 5.91 Å². The summed E-state index contributed by atoms with van der Waals surface area (Å²) in [5, 5.41) is 5.52. The Morgan fingerprint density at radius 2 is 2.04 bits per heavy atom. The predicted molar refractivity (Wildman–Crippen MR) is 108 cm³/mol. The van der Waals surface area contributed by atoms with Crippen LogP contribution in [0.1, 0.15) is 37.3 Å². The third-order valence-corrected chi connectivity index (χ3v) is 7.37. The third kappa shape index (κ3) is 4.43. The summed E-state index contributed by atoms with van der Waals surface area (Å²) in [5.41, 5.74) is 2.70. The number of hydrogen-bond acceptors (Lipinski definition) is 5. The highest BCUT2D eigenvalue weighted by molar-refractivity contribution is 7.91. The van der Waals surface area contributed by atoms with Gasteiger partial charge in [0.1, 0.15) is 5.71 Å². The smallest absolute Gasteiger partial charge is 0.270 e. The number of hydrogen-bond donors (Lipinski definition) is 0. The van der Waals surface area contributed by atoms with E-state index in [1.165, 1.54) is 16.1 Å². The second-order valence-electron chi connectivity index (χ2n) is 7.74.